The van der Waals surface area contributed by atoms with Crippen molar-refractivity contribution in [1.29, 1.82) is 0 Å². The van der Waals surface area contributed by atoms with E-state index in [0.717, 1.165) is 43.3 Å². The Morgan fingerprint density at radius 1 is 1.28 bits per heavy atom. The molecule has 1 aromatic carbocycles. The number of ether oxygens (including phenoxy) is 1. The Bertz CT molecular complexity index is 471. The highest BCUT2D eigenvalue weighted by atomic mass is 16.5. The van der Waals surface area contributed by atoms with Gasteiger partial charge in [0.15, 0.2) is 0 Å². The van der Waals surface area contributed by atoms with Crippen LogP contribution in [0.2, 0.25) is 0 Å². The van der Waals surface area contributed by atoms with Gasteiger partial charge >= 0.3 is 0 Å². The number of hydrogen-bond acceptors (Lipinski definition) is 3. The Kier molecular flexibility index (Phi) is 2.24. The Morgan fingerprint density at radius 3 is 2.94 bits per heavy atom. The van der Waals surface area contributed by atoms with Gasteiger partial charge in [-0.05, 0) is 18.9 Å². The van der Waals surface area contributed by atoms with Crippen molar-refractivity contribution in [3.05, 3.63) is 29.8 Å². The van der Waals surface area contributed by atoms with Crippen LogP contribution < -0.4 is 4.74 Å². The van der Waals surface area contributed by atoms with Crippen LogP contribution in [0.25, 0.3) is 0 Å². The molecule has 4 rings (SSSR count). The highest BCUT2D eigenvalue weighted by Gasteiger charge is 2.48. The van der Waals surface area contributed by atoms with Gasteiger partial charge in [-0.15, -0.1) is 0 Å². The summed E-state index contributed by atoms with van der Waals surface area (Å²) in [6.07, 6.45) is 4.11. The molecule has 0 aromatic heterocycles. The second-order valence-corrected chi connectivity index (χ2v) is 5.99. The lowest BCUT2D eigenvalue weighted by Crippen LogP contribution is -2.43. The molecule has 1 aliphatic carbocycles. The number of aliphatic hydroxyl groups is 1. The summed E-state index contributed by atoms with van der Waals surface area (Å²) in [4.78, 5) is 2.54. The fraction of sp³-hybridized carbons (Fsp3) is 0.600. The Morgan fingerprint density at radius 2 is 2.11 bits per heavy atom. The van der Waals surface area contributed by atoms with Crippen molar-refractivity contribution < 1.29 is 9.84 Å². The lowest BCUT2D eigenvalue weighted by molar-refractivity contribution is -0.00761. The SMILES string of the molecule is OC1CC2(CCN(C3CC3)C2)Oc2ccccc21. The van der Waals surface area contributed by atoms with Crippen molar-refractivity contribution in [3.8, 4) is 5.75 Å². The van der Waals surface area contributed by atoms with Crippen LogP contribution in [-0.4, -0.2) is 34.7 Å². The number of hydrogen-bond donors (Lipinski definition) is 1. The smallest absolute Gasteiger partial charge is 0.126 e. The quantitative estimate of drug-likeness (QED) is 0.822. The first-order valence-electron chi connectivity index (χ1n) is 6.96. The third-order valence-electron chi connectivity index (χ3n) is 4.58. The zero-order valence-electron chi connectivity index (χ0n) is 10.5. The molecule has 0 bridgehead atoms. The predicted octanol–water partition coefficient (Wildman–Crippen LogP) is 2.11. The predicted molar refractivity (Wildman–Crippen MR) is 68.6 cm³/mol. The summed E-state index contributed by atoms with van der Waals surface area (Å²) in [6.45, 7) is 2.11. The number of benzene rings is 1. The van der Waals surface area contributed by atoms with Crippen molar-refractivity contribution >= 4 is 0 Å². The van der Waals surface area contributed by atoms with E-state index in [-0.39, 0.29) is 11.7 Å². The number of nitrogens with zero attached hydrogens (tertiary/aromatic N) is 1. The van der Waals surface area contributed by atoms with Crippen LogP contribution in [0.4, 0.5) is 0 Å². The first kappa shape index (κ1) is 10.8. The summed E-state index contributed by atoms with van der Waals surface area (Å²) in [6, 6.07) is 8.70. The van der Waals surface area contributed by atoms with E-state index in [4.69, 9.17) is 4.74 Å². The molecule has 3 aliphatic rings. The van der Waals surface area contributed by atoms with Crippen molar-refractivity contribution in [3.63, 3.8) is 0 Å². The second kappa shape index (κ2) is 3.72. The van der Waals surface area contributed by atoms with Gasteiger partial charge in [-0.1, -0.05) is 18.2 Å². The average molecular weight is 245 g/mol. The Balaban J connectivity index is 1.61. The molecule has 3 heteroatoms. The minimum absolute atomic E-state index is 0.143. The minimum atomic E-state index is -0.367. The largest absolute Gasteiger partial charge is 0.485 e. The summed E-state index contributed by atoms with van der Waals surface area (Å²) >= 11 is 0. The van der Waals surface area contributed by atoms with Crippen LogP contribution in [0.15, 0.2) is 24.3 Å². The van der Waals surface area contributed by atoms with Gasteiger partial charge in [0.2, 0.25) is 0 Å². The number of likely N-dealkylation sites (tertiary alicyclic amines) is 1. The van der Waals surface area contributed by atoms with E-state index in [0.29, 0.717) is 0 Å². The molecule has 2 unspecified atom stereocenters. The van der Waals surface area contributed by atoms with Crippen LogP contribution in [0.3, 0.4) is 0 Å². The molecule has 1 spiro atoms. The van der Waals surface area contributed by atoms with Crippen molar-refractivity contribution in [1.82, 2.24) is 4.90 Å². The average Bonchev–Trinajstić information content (AvgIpc) is 3.14. The van der Waals surface area contributed by atoms with Gasteiger partial charge < -0.3 is 9.84 Å². The summed E-state index contributed by atoms with van der Waals surface area (Å²) in [5.41, 5.74) is 0.809. The maximum atomic E-state index is 10.3. The summed E-state index contributed by atoms with van der Waals surface area (Å²) in [5, 5.41) is 10.3. The van der Waals surface area contributed by atoms with E-state index in [1.165, 1.54) is 12.8 Å². The van der Waals surface area contributed by atoms with Crippen LogP contribution in [0, 0.1) is 0 Å². The summed E-state index contributed by atoms with van der Waals surface area (Å²) < 4.78 is 6.26. The van der Waals surface area contributed by atoms with Crippen LogP contribution in [0.1, 0.15) is 37.4 Å². The molecule has 1 saturated carbocycles. The maximum Gasteiger partial charge on any atom is 0.126 e. The zero-order chi connectivity index (χ0) is 12.2. The van der Waals surface area contributed by atoms with Gasteiger partial charge in [0.05, 0.1) is 6.10 Å². The molecule has 2 heterocycles. The Labute approximate surface area is 107 Å². The van der Waals surface area contributed by atoms with Crippen LogP contribution in [-0.2, 0) is 0 Å². The summed E-state index contributed by atoms with van der Waals surface area (Å²) in [7, 11) is 0. The molecular formula is C15H19NO2. The minimum Gasteiger partial charge on any atom is -0.485 e. The molecule has 18 heavy (non-hydrogen) atoms. The molecule has 0 amide bonds. The van der Waals surface area contributed by atoms with Gasteiger partial charge in [0, 0.05) is 37.5 Å². The van der Waals surface area contributed by atoms with E-state index in [9.17, 15) is 5.11 Å². The fourth-order valence-electron chi connectivity index (χ4n) is 3.46. The van der Waals surface area contributed by atoms with Gasteiger partial charge in [0.1, 0.15) is 11.4 Å². The van der Waals surface area contributed by atoms with E-state index < -0.39 is 0 Å². The highest BCUT2D eigenvalue weighted by molar-refractivity contribution is 5.38. The number of rotatable bonds is 1. The molecule has 2 fully saturated rings. The van der Waals surface area contributed by atoms with Crippen LogP contribution >= 0.6 is 0 Å². The van der Waals surface area contributed by atoms with Crippen molar-refractivity contribution in [2.45, 2.75) is 43.4 Å². The zero-order valence-corrected chi connectivity index (χ0v) is 10.5. The van der Waals surface area contributed by atoms with E-state index in [2.05, 4.69) is 4.90 Å². The molecule has 2 aliphatic heterocycles. The topological polar surface area (TPSA) is 32.7 Å². The first-order valence-corrected chi connectivity index (χ1v) is 6.96. The third kappa shape index (κ3) is 1.65. The van der Waals surface area contributed by atoms with Gasteiger partial charge in [-0.3, -0.25) is 4.90 Å². The molecule has 1 saturated heterocycles. The van der Waals surface area contributed by atoms with E-state index in [1.807, 2.05) is 24.3 Å². The molecule has 96 valence electrons. The second-order valence-electron chi connectivity index (χ2n) is 5.99. The Hall–Kier alpha value is -1.06. The number of aliphatic hydroxyl groups excluding tert-OH is 1. The fourth-order valence-corrected chi connectivity index (χ4v) is 3.46. The molecule has 1 N–H and O–H groups in total. The highest BCUT2D eigenvalue weighted by Crippen LogP contribution is 2.45. The third-order valence-corrected chi connectivity index (χ3v) is 4.58. The van der Waals surface area contributed by atoms with Gasteiger partial charge in [-0.2, -0.15) is 0 Å². The van der Waals surface area contributed by atoms with Crippen LogP contribution in [0.5, 0.6) is 5.75 Å². The molecule has 1 aromatic rings. The van der Waals surface area contributed by atoms with Gasteiger partial charge in [0.25, 0.3) is 0 Å². The van der Waals surface area contributed by atoms with Gasteiger partial charge in [-0.25, -0.2) is 0 Å². The standard InChI is InChI=1S/C15H19NO2/c17-13-9-15(7-8-16(10-15)11-5-6-11)18-14-4-2-1-3-12(13)14/h1-4,11,13,17H,5-10H2. The first-order chi connectivity index (χ1) is 8.76. The number of fused-ring (bicyclic) bond motifs is 1. The molecule has 0 radical (unpaired) electrons. The lowest BCUT2D eigenvalue weighted by atomic mass is 9.88. The number of para-hydroxylation sites is 1. The van der Waals surface area contributed by atoms with Crippen molar-refractivity contribution in [2.75, 3.05) is 13.1 Å². The van der Waals surface area contributed by atoms with Crippen molar-refractivity contribution in [2.24, 2.45) is 0 Å². The normalized spacial score (nSPS) is 35.5. The molecular weight excluding hydrogens is 226 g/mol. The molecule has 3 nitrogen and oxygen atoms in total. The van der Waals surface area contributed by atoms with E-state index >= 15 is 0 Å². The summed E-state index contributed by atoms with van der Waals surface area (Å²) in [5.74, 6) is 0.883. The van der Waals surface area contributed by atoms with E-state index in [1.54, 1.807) is 0 Å². The maximum absolute atomic E-state index is 10.3. The molecule has 2 atom stereocenters. The monoisotopic (exact) mass is 245 g/mol. The lowest BCUT2D eigenvalue weighted by Gasteiger charge is -2.38.